The van der Waals surface area contributed by atoms with Gasteiger partial charge in [0, 0.05) is 12.7 Å². The molecule has 0 radical (unpaired) electrons. The predicted molar refractivity (Wildman–Crippen MR) is 89.9 cm³/mol. The van der Waals surface area contributed by atoms with Crippen LogP contribution in [-0.2, 0) is 14.9 Å². The molecule has 2 aromatic rings. The second-order valence-corrected chi connectivity index (χ2v) is 5.85. The van der Waals surface area contributed by atoms with Crippen LogP contribution in [0.5, 0.6) is 5.75 Å². The van der Waals surface area contributed by atoms with Crippen LogP contribution in [0.1, 0.15) is 19.4 Å². The van der Waals surface area contributed by atoms with Crippen molar-refractivity contribution in [1.82, 2.24) is 0 Å². The van der Waals surface area contributed by atoms with Gasteiger partial charge in [-0.05, 0) is 31.0 Å². The Morgan fingerprint density at radius 3 is 2.39 bits per heavy atom. The van der Waals surface area contributed by atoms with Crippen molar-refractivity contribution in [3.05, 3.63) is 54.1 Å². The number of hydrogen-bond acceptors (Lipinski definition) is 3. The van der Waals surface area contributed by atoms with Crippen LogP contribution in [0.3, 0.4) is 0 Å². The summed E-state index contributed by atoms with van der Waals surface area (Å²) in [5.74, 6) is -0.201. The lowest BCUT2D eigenvalue weighted by molar-refractivity contribution is -0.142. The van der Waals surface area contributed by atoms with E-state index in [1.807, 2.05) is 48.5 Å². The molecule has 1 N–H and O–H groups in total. The van der Waals surface area contributed by atoms with Crippen LogP contribution < -0.4 is 4.74 Å². The second-order valence-electron chi connectivity index (χ2n) is 5.85. The zero-order chi connectivity index (χ0) is 16.9. The molecule has 0 spiro atoms. The van der Waals surface area contributed by atoms with Crippen molar-refractivity contribution in [2.75, 3.05) is 20.3 Å². The second kappa shape index (κ2) is 7.29. The quantitative estimate of drug-likeness (QED) is 0.791. The maximum Gasteiger partial charge on any atom is 0.313 e. The molecular formula is C19H22O4. The lowest BCUT2D eigenvalue weighted by Gasteiger charge is -2.22. The Hall–Kier alpha value is -2.33. The number of rotatable bonds is 7. The predicted octanol–water partition coefficient (Wildman–Crippen LogP) is 3.74. The largest absolute Gasteiger partial charge is 0.491 e. The average molecular weight is 314 g/mol. The summed E-state index contributed by atoms with van der Waals surface area (Å²) < 4.78 is 10.9. The molecule has 0 aliphatic carbocycles. The van der Waals surface area contributed by atoms with Gasteiger partial charge in [0.25, 0.3) is 0 Å². The van der Waals surface area contributed by atoms with Gasteiger partial charge < -0.3 is 14.6 Å². The highest BCUT2D eigenvalue weighted by atomic mass is 16.5. The van der Waals surface area contributed by atoms with Crippen LogP contribution in [-0.4, -0.2) is 31.4 Å². The molecule has 0 saturated heterocycles. The fourth-order valence-electron chi connectivity index (χ4n) is 2.25. The standard InChI is InChI=1S/C19H22O4/c1-19(2,18(20)21)15-9-10-16(14-7-5-4-6-8-14)17(13-15)23-12-11-22-3/h4-10,13H,11-12H2,1-3H3,(H,20,21). The minimum Gasteiger partial charge on any atom is -0.491 e. The van der Waals surface area contributed by atoms with Crippen molar-refractivity contribution in [2.45, 2.75) is 19.3 Å². The summed E-state index contributed by atoms with van der Waals surface area (Å²) in [5.41, 5.74) is 1.69. The monoisotopic (exact) mass is 314 g/mol. The molecule has 0 fully saturated rings. The third-order valence-corrected chi connectivity index (χ3v) is 3.87. The fraction of sp³-hybridized carbons (Fsp3) is 0.316. The zero-order valence-electron chi connectivity index (χ0n) is 13.7. The molecule has 23 heavy (non-hydrogen) atoms. The van der Waals surface area contributed by atoms with E-state index in [4.69, 9.17) is 9.47 Å². The normalized spacial score (nSPS) is 11.3. The summed E-state index contributed by atoms with van der Waals surface area (Å²) in [5, 5.41) is 9.43. The lowest BCUT2D eigenvalue weighted by Crippen LogP contribution is -2.28. The van der Waals surface area contributed by atoms with Crippen LogP contribution in [0.15, 0.2) is 48.5 Å². The number of carboxylic acids is 1. The molecule has 0 saturated carbocycles. The molecule has 0 heterocycles. The SMILES string of the molecule is COCCOc1cc(C(C)(C)C(=O)O)ccc1-c1ccccc1. The Morgan fingerprint density at radius 2 is 1.78 bits per heavy atom. The zero-order valence-corrected chi connectivity index (χ0v) is 13.7. The molecule has 0 unspecified atom stereocenters. The molecule has 0 bridgehead atoms. The van der Waals surface area contributed by atoms with Gasteiger partial charge in [-0.15, -0.1) is 0 Å². The number of methoxy groups -OCH3 is 1. The Kier molecular flexibility index (Phi) is 5.40. The molecule has 0 aromatic heterocycles. The van der Waals surface area contributed by atoms with Gasteiger partial charge in [0.05, 0.1) is 12.0 Å². The summed E-state index contributed by atoms with van der Waals surface area (Å²) in [6.45, 7) is 4.26. The van der Waals surface area contributed by atoms with Crippen LogP contribution in [0, 0.1) is 0 Å². The number of ether oxygens (including phenoxy) is 2. The summed E-state index contributed by atoms with van der Waals surface area (Å²) in [7, 11) is 1.62. The Bertz CT molecular complexity index is 662. The van der Waals surface area contributed by atoms with Gasteiger partial charge in [0.15, 0.2) is 0 Å². The molecule has 4 nitrogen and oxygen atoms in total. The summed E-state index contributed by atoms with van der Waals surface area (Å²) in [4.78, 5) is 11.5. The highest BCUT2D eigenvalue weighted by Gasteiger charge is 2.30. The van der Waals surface area contributed by atoms with Crippen LogP contribution >= 0.6 is 0 Å². The molecule has 2 rings (SSSR count). The maximum atomic E-state index is 11.5. The topological polar surface area (TPSA) is 55.8 Å². The molecule has 0 amide bonds. The fourth-order valence-corrected chi connectivity index (χ4v) is 2.25. The van der Waals surface area contributed by atoms with Gasteiger partial charge in [-0.25, -0.2) is 0 Å². The number of hydrogen-bond donors (Lipinski definition) is 1. The van der Waals surface area contributed by atoms with Gasteiger partial charge >= 0.3 is 5.97 Å². The maximum absolute atomic E-state index is 11.5. The molecular weight excluding hydrogens is 292 g/mol. The van der Waals surface area contributed by atoms with Crippen molar-refractivity contribution in [3.8, 4) is 16.9 Å². The lowest BCUT2D eigenvalue weighted by atomic mass is 9.84. The highest BCUT2D eigenvalue weighted by molar-refractivity contribution is 5.81. The summed E-state index contributed by atoms with van der Waals surface area (Å²) >= 11 is 0. The molecule has 0 atom stereocenters. The molecule has 4 heteroatoms. The minimum absolute atomic E-state index is 0.410. The van der Waals surface area contributed by atoms with Crippen molar-refractivity contribution in [2.24, 2.45) is 0 Å². The van der Waals surface area contributed by atoms with Gasteiger partial charge in [-0.3, -0.25) is 4.79 Å². The number of carboxylic acid groups (broad SMARTS) is 1. The summed E-state index contributed by atoms with van der Waals surface area (Å²) in [6.07, 6.45) is 0. The number of aliphatic carboxylic acids is 1. The molecule has 122 valence electrons. The van der Waals surface area contributed by atoms with Crippen LogP contribution in [0.2, 0.25) is 0 Å². The van der Waals surface area contributed by atoms with E-state index < -0.39 is 11.4 Å². The number of benzene rings is 2. The van der Waals surface area contributed by atoms with Crippen molar-refractivity contribution >= 4 is 5.97 Å². The number of carbonyl (C=O) groups is 1. The first-order chi connectivity index (χ1) is 11.0. The third-order valence-electron chi connectivity index (χ3n) is 3.87. The van der Waals surface area contributed by atoms with Gasteiger partial charge in [-0.1, -0.05) is 42.5 Å². The third kappa shape index (κ3) is 3.90. The highest BCUT2D eigenvalue weighted by Crippen LogP contribution is 2.35. The van der Waals surface area contributed by atoms with Crippen LogP contribution in [0.25, 0.3) is 11.1 Å². The Labute approximate surface area is 136 Å². The minimum atomic E-state index is -0.978. The van der Waals surface area contributed by atoms with E-state index >= 15 is 0 Å². The summed E-state index contributed by atoms with van der Waals surface area (Å²) in [6, 6.07) is 15.5. The smallest absolute Gasteiger partial charge is 0.313 e. The molecule has 0 aliphatic rings. The first kappa shape index (κ1) is 17.0. The van der Waals surface area contributed by atoms with E-state index in [-0.39, 0.29) is 0 Å². The molecule has 0 aliphatic heterocycles. The van der Waals surface area contributed by atoms with E-state index in [0.29, 0.717) is 24.5 Å². The van der Waals surface area contributed by atoms with Gasteiger partial charge in [0.1, 0.15) is 12.4 Å². The first-order valence-corrected chi connectivity index (χ1v) is 7.52. The van der Waals surface area contributed by atoms with Gasteiger partial charge in [0.2, 0.25) is 0 Å². The van der Waals surface area contributed by atoms with Crippen molar-refractivity contribution in [3.63, 3.8) is 0 Å². The van der Waals surface area contributed by atoms with Crippen molar-refractivity contribution in [1.29, 1.82) is 0 Å². The van der Waals surface area contributed by atoms with Crippen LogP contribution in [0.4, 0.5) is 0 Å². The van der Waals surface area contributed by atoms with Crippen molar-refractivity contribution < 1.29 is 19.4 Å². The average Bonchev–Trinajstić information content (AvgIpc) is 2.55. The van der Waals surface area contributed by atoms with E-state index in [1.54, 1.807) is 21.0 Å². The first-order valence-electron chi connectivity index (χ1n) is 7.52. The van der Waals surface area contributed by atoms with E-state index in [2.05, 4.69) is 0 Å². The molecule has 2 aromatic carbocycles. The van der Waals surface area contributed by atoms with E-state index in [0.717, 1.165) is 11.1 Å². The Morgan fingerprint density at radius 1 is 1.09 bits per heavy atom. The van der Waals surface area contributed by atoms with Gasteiger partial charge in [-0.2, -0.15) is 0 Å². The Balaban J connectivity index is 2.44. The van der Waals surface area contributed by atoms with E-state index in [9.17, 15) is 9.90 Å². The van der Waals surface area contributed by atoms with E-state index in [1.165, 1.54) is 0 Å².